The van der Waals surface area contributed by atoms with Gasteiger partial charge in [-0.2, -0.15) is 0 Å². The highest BCUT2D eigenvalue weighted by Gasteiger charge is 2.55. The molecule has 1 unspecified atom stereocenters. The Balaban J connectivity index is 1.80. The zero-order valence-electron chi connectivity index (χ0n) is 21.6. The van der Waals surface area contributed by atoms with Gasteiger partial charge < -0.3 is 9.64 Å². The summed E-state index contributed by atoms with van der Waals surface area (Å²) in [6.45, 7) is 15.4. The zero-order valence-corrected chi connectivity index (χ0v) is 21.4. The smallest absolute Gasteiger partial charge is 0.412 e. The quantitative estimate of drug-likeness (QED) is 0.647. The van der Waals surface area contributed by atoms with E-state index in [9.17, 15) is 9.59 Å². The Hall–Kier alpha value is -2.78. The number of likely N-dealkylation sites (N-methyl/N-ethyl adjacent to an activating group) is 1. The van der Waals surface area contributed by atoms with Gasteiger partial charge in [-0.15, -0.1) is 0 Å². The molecule has 4 rings (SSSR count). The van der Waals surface area contributed by atoms with E-state index in [0.717, 1.165) is 6.54 Å². The molecule has 10 heteroatoms. The van der Waals surface area contributed by atoms with Gasteiger partial charge in [-0.05, 0) is 53.3 Å². The summed E-state index contributed by atoms with van der Waals surface area (Å²) >= 11 is 6.01. The Labute approximate surface area is 206 Å². The van der Waals surface area contributed by atoms with Crippen molar-refractivity contribution in [1.82, 2.24) is 24.8 Å². The fraction of sp³-hybridized carbons (Fsp3) is 0.542. The molecule has 0 N–H and O–H groups in total. The Morgan fingerprint density at radius 2 is 1.94 bits per heavy atom. The minimum Gasteiger partial charge on any atom is -0.416 e. The summed E-state index contributed by atoms with van der Waals surface area (Å²) in [5.74, 6) is -0.536. The van der Waals surface area contributed by atoms with Gasteiger partial charge in [0.2, 0.25) is 5.72 Å². The summed E-state index contributed by atoms with van der Waals surface area (Å²) in [5.41, 5.74) is -0.690. The molecular weight excluding hydrogens is 456 g/mol. The van der Waals surface area contributed by atoms with E-state index in [2.05, 4.69) is 33.7 Å². The van der Waals surface area contributed by atoms with Crippen LogP contribution < -0.4 is 4.90 Å². The number of piperazine rings is 1. The molecule has 2 aromatic rings. The van der Waals surface area contributed by atoms with Crippen LogP contribution in [0.4, 0.5) is 10.6 Å². The van der Waals surface area contributed by atoms with Gasteiger partial charge in [-0.1, -0.05) is 18.5 Å². The number of rotatable bonds is 3. The van der Waals surface area contributed by atoms with Crippen molar-refractivity contribution < 1.29 is 15.7 Å². The van der Waals surface area contributed by atoms with Crippen molar-refractivity contribution >= 4 is 29.4 Å². The minimum atomic E-state index is -1.66. The number of hydrogen-bond donors (Lipinski definition) is 0. The Morgan fingerprint density at radius 1 is 1.26 bits per heavy atom. The third-order valence-corrected chi connectivity index (χ3v) is 7.44. The van der Waals surface area contributed by atoms with Gasteiger partial charge in [0.05, 0.1) is 23.3 Å². The van der Waals surface area contributed by atoms with Crippen molar-refractivity contribution in [2.24, 2.45) is 0 Å². The molecule has 0 aliphatic carbocycles. The van der Waals surface area contributed by atoms with Crippen LogP contribution in [0.15, 0.2) is 18.3 Å². The Kier molecular flexibility index (Phi) is 5.72. The number of hydrogen-bond acceptors (Lipinski definition) is 7. The van der Waals surface area contributed by atoms with Crippen molar-refractivity contribution in [3.8, 4) is 0 Å². The number of anilines is 1. The highest BCUT2D eigenvalue weighted by atomic mass is 35.5. The van der Waals surface area contributed by atoms with Gasteiger partial charge in [-0.25, -0.2) is 24.6 Å². The van der Waals surface area contributed by atoms with Crippen molar-refractivity contribution in [3.05, 3.63) is 46.1 Å². The van der Waals surface area contributed by atoms with Crippen LogP contribution in [0.5, 0.6) is 0 Å². The van der Waals surface area contributed by atoms with Crippen LogP contribution in [0.2, 0.25) is 5.02 Å². The van der Waals surface area contributed by atoms with Crippen LogP contribution in [-0.2, 0) is 10.5 Å². The summed E-state index contributed by atoms with van der Waals surface area (Å²) in [6.07, 6.45) is 0.769. The lowest BCUT2D eigenvalue weighted by Gasteiger charge is -2.51. The van der Waals surface area contributed by atoms with Crippen LogP contribution in [0.1, 0.15) is 63.6 Å². The molecule has 4 heterocycles. The highest BCUT2D eigenvalue weighted by Crippen LogP contribution is 2.42. The van der Waals surface area contributed by atoms with Crippen molar-refractivity contribution in [2.75, 3.05) is 24.5 Å². The SMILES string of the molecule is [2H]c1cc(Cl)cnc1N1C(=O)c2nc(C)c(C)nc2[C@]1(C)OC(=O)N1CCN(CC)C(C)C1(C)C. The van der Waals surface area contributed by atoms with Crippen LogP contribution in [0.3, 0.4) is 0 Å². The predicted octanol–water partition coefficient (Wildman–Crippen LogP) is 3.92. The summed E-state index contributed by atoms with van der Waals surface area (Å²) in [5, 5.41) is 0.258. The van der Waals surface area contributed by atoms with Crippen LogP contribution >= 0.6 is 11.6 Å². The van der Waals surface area contributed by atoms with Crippen LogP contribution in [0, 0.1) is 13.8 Å². The number of halogens is 1. The lowest BCUT2D eigenvalue weighted by atomic mass is 9.90. The van der Waals surface area contributed by atoms with Crippen LogP contribution in [-0.4, -0.2) is 68.0 Å². The number of ether oxygens (including phenoxy) is 1. The second kappa shape index (κ2) is 8.46. The van der Waals surface area contributed by atoms with E-state index in [-0.39, 0.29) is 34.3 Å². The molecule has 2 atom stereocenters. The number of aryl methyl sites for hydroxylation is 2. The van der Waals surface area contributed by atoms with Gasteiger partial charge in [0, 0.05) is 32.3 Å². The molecule has 2 aliphatic rings. The maximum atomic E-state index is 13.7. The molecule has 0 bridgehead atoms. The highest BCUT2D eigenvalue weighted by molar-refractivity contribution is 6.30. The summed E-state index contributed by atoms with van der Waals surface area (Å²) < 4.78 is 14.6. The van der Waals surface area contributed by atoms with Gasteiger partial charge in [0.1, 0.15) is 11.5 Å². The maximum absolute atomic E-state index is 13.7. The Bertz CT molecular complexity index is 1210. The molecule has 0 radical (unpaired) electrons. The average Bonchev–Trinajstić information content (AvgIpc) is 2.97. The lowest BCUT2D eigenvalue weighted by Crippen LogP contribution is -2.66. The molecule has 1 saturated heterocycles. The number of pyridine rings is 1. The largest absolute Gasteiger partial charge is 0.416 e. The number of nitrogens with zero attached hydrogens (tertiary/aromatic N) is 6. The van der Waals surface area contributed by atoms with Gasteiger partial charge in [0.25, 0.3) is 5.91 Å². The molecule has 2 amide bonds. The number of amides is 2. The third kappa shape index (κ3) is 3.71. The number of aromatic nitrogens is 3. The second-order valence-corrected chi connectivity index (χ2v) is 9.88. The monoisotopic (exact) mass is 487 g/mol. The molecule has 0 spiro atoms. The zero-order chi connectivity index (χ0) is 25.9. The van der Waals surface area contributed by atoms with E-state index in [1.54, 1.807) is 25.7 Å². The molecule has 2 aliphatic heterocycles. The molecule has 0 aromatic carbocycles. The van der Waals surface area contributed by atoms with Crippen molar-refractivity contribution in [3.63, 3.8) is 0 Å². The first-order valence-corrected chi connectivity index (χ1v) is 11.8. The summed E-state index contributed by atoms with van der Waals surface area (Å²) in [6, 6.07) is 1.40. The van der Waals surface area contributed by atoms with Crippen LogP contribution in [0.25, 0.3) is 0 Å². The molecular formula is C24H31ClN6O3. The number of carbonyl (C=O) groups is 2. The van der Waals surface area contributed by atoms with Gasteiger partial charge in [-0.3, -0.25) is 9.69 Å². The molecule has 9 nitrogen and oxygen atoms in total. The predicted molar refractivity (Wildman–Crippen MR) is 129 cm³/mol. The number of fused-ring (bicyclic) bond motifs is 1. The standard InChI is InChI=1S/C24H31ClN6O3/c1-8-29-11-12-30(23(5,6)16(29)4)22(33)34-24(7)20-19(27-14(2)15(3)28-20)21(32)31(24)18-10-9-17(25)13-26-18/h9-10,13,16H,8,11-12H2,1-7H3/t16?,24-/m0/s1/i10D. The summed E-state index contributed by atoms with van der Waals surface area (Å²) in [7, 11) is 0. The molecule has 2 aromatic heterocycles. The van der Waals surface area contributed by atoms with E-state index in [1.807, 2.05) is 13.8 Å². The van der Waals surface area contributed by atoms with E-state index >= 15 is 0 Å². The van der Waals surface area contributed by atoms with E-state index < -0.39 is 23.3 Å². The van der Waals surface area contributed by atoms with E-state index in [4.69, 9.17) is 17.7 Å². The van der Waals surface area contributed by atoms with Crippen molar-refractivity contribution in [2.45, 2.75) is 65.8 Å². The first kappa shape index (κ1) is 23.0. The summed E-state index contributed by atoms with van der Waals surface area (Å²) in [4.78, 5) is 45.8. The topological polar surface area (TPSA) is 91.8 Å². The normalized spacial score (nSPS) is 24.8. The van der Waals surface area contributed by atoms with Gasteiger partial charge >= 0.3 is 6.09 Å². The first-order chi connectivity index (χ1) is 16.3. The lowest BCUT2D eigenvalue weighted by molar-refractivity contribution is -0.0540. The molecule has 0 saturated carbocycles. The fourth-order valence-corrected chi connectivity index (χ4v) is 4.80. The molecule has 182 valence electrons. The molecule has 1 fully saturated rings. The molecule has 34 heavy (non-hydrogen) atoms. The fourth-order valence-electron chi connectivity index (χ4n) is 4.69. The van der Waals surface area contributed by atoms with E-state index in [1.165, 1.54) is 17.2 Å². The average molecular weight is 488 g/mol. The number of carbonyl (C=O) groups excluding carboxylic acids is 2. The second-order valence-electron chi connectivity index (χ2n) is 9.45. The Morgan fingerprint density at radius 3 is 2.59 bits per heavy atom. The third-order valence-electron chi connectivity index (χ3n) is 7.23. The first-order valence-electron chi connectivity index (χ1n) is 11.9. The minimum absolute atomic E-state index is 0.00763. The van der Waals surface area contributed by atoms with Crippen molar-refractivity contribution in [1.29, 1.82) is 0 Å². The van der Waals surface area contributed by atoms with E-state index in [0.29, 0.717) is 24.5 Å². The maximum Gasteiger partial charge on any atom is 0.412 e. The van der Waals surface area contributed by atoms with Gasteiger partial charge in [0.15, 0.2) is 5.69 Å².